The Kier molecular flexibility index (Phi) is 11.8. The van der Waals surface area contributed by atoms with Gasteiger partial charge in [0.25, 0.3) is 0 Å². The van der Waals surface area contributed by atoms with E-state index in [0.29, 0.717) is 0 Å². The number of hydrogen-bond donors (Lipinski definition) is 0. The monoisotopic (exact) mass is 408 g/mol. The molecule has 2 aromatic carbocycles. The first kappa shape index (κ1) is 24.6. The summed E-state index contributed by atoms with van der Waals surface area (Å²) in [6.45, 7) is 8.94. The van der Waals surface area contributed by atoms with Crippen LogP contribution in [0.4, 0.5) is 0 Å². The van der Waals surface area contributed by atoms with Crippen LogP contribution in [0.5, 0.6) is 0 Å². The molecule has 30 heavy (non-hydrogen) atoms. The van der Waals surface area contributed by atoms with Crippen LogP contribution in [-0.4, -0.2) is 37.0 Å². The molecule has 2 nitrogen and oxygen atoms in total. The van der Waals surface area contributed by atoms with E-state index >= 15 is 0 Å². The van der Waals surface area contributed by atoms with Crippen molar-refractivity contribution in [2.45, 2.75) is 78.3 Å². The first-order chi connectivity index (χ1) is 14.7. The van der Waals surface area contributed by atoms with E-state index in [2.05, 4.69) is 86.3 Å². The molecule has 2 rings (SSSR count). The second-order valence-electron chi connectivity index (χ2n) is 8.91. The fourth-order valence-corrected chi connectivity index (χ4v) is 4.20. The summed E-state index contributed by atoms with van der Waals surface area (Å²) in [7, 11) is 4.53. The molecule has 2 heteroatoms. The van der Waals surface area contributed by atoms with Crippen molar-refractivity contribution in [1.29, 1.82) is 0 Å². The number of rotatable bonds is 15. The van der Waals surface area contributed by atoms with Crippen LogP contribution in [0.25, 0.3) is 11.1 Å². The number of benzene rings is 2. The van der Waals surface area contributed by atoms with Crippen LogP contribution in [0.1, 0.15) is 76.3 Å². The summed E-state index contributed by atoms with van der Waals surface area (Å²) in [6, 6.07) is 18.0. The lowest BCUT2D eigenvalue weighted by Crippen LogP contribution is -2.20. The lowest BCUT2D eigenvalue weighted by Gasteiger charge is -2.22. The molecular formula is C28H44N2. The summed E-state index contributed by atoms with van der Waals surface area (Å²) in [5.74, 6) is 0. The summed E-state index contributed by atoms with van der Waals surface area (Å²) >= 11 is 0. The predicted molar refractivity (Wildman–Crippen MR) is 133 cm³/mol. The zero-order valence-electron chi connectivity index (χ0n) is 20.0. The summed E-state index contributed by atoms with van der Waals surface area (Å²) in [5, 5.41) is 0. The third kappa shape index (κ3) is 8.62. The van der Waals surface area contributed by atoms with Crippen molar-refractivity contribution in [3.63, 3.8) is 0 Å². The van der Waals surface area contributed by atoms with Crippen molar-refractivity contribution in [3.05, 3.63) is 59.7 Å². The molecular weight excluding hydrogens is 364 g/mol. The maximum Gasteiger partial charge on any atom is 0.0236 e. The molecule has 0 radical (unpaired) electrons. The molecule has 0 N–H and O–H groups in total. The minimum Gasteiger partial charge on any atom is -0.302 e. The lowest BCUT2D eigenvalue weighted by atomic mass is 9.94. The van der Waals surface area contributed by atoms with Crippen molar-refractivity contribution >= 4 is 0 Å². The lowest BCUT2D eigenvalue weighted by molar-refractivity contribution is 0.316. The maximum absolute atomic E-state index is 2.48. The van der Waals surface area contributed by atoms with Crippen molar-refractivity contribution < 1.29 is 0 Å². The van der Waals surface area contributed by atoms with E-state index in [1.807, 2.05) is 0 Å². The van der Waals surface area contributed by atoms with E-state index in [0.717, 1.165) is 13.1 Å². The second-order valence-corrected chi connectivity index (χ2v) is 8.91. The van der Waals surface area contributed by atoms with Crippen LogP contribution < -0.4 is 0 Å². The van der Waals surface area contributed by atoms with Crippen LogP contribution in [0.3, 0.4) is 0 Å². The fourth-order valence-electron chi connectivity index (χ4n) is 4.20. The number of unbranched alkanes of at least 4 members (excludes halogenated alkanes) is 6. The van der Waals surface area contributed by atoms with Crippen LogP contribution in [0.2, 0.25) is 0 Å². The highest BCUT2D eigenvalue weighted by Crippen LogP contribution is 2.29. The molecule has 0 unspecified atom stereocenters. The summed E-state index contributed by atoms with van der Waals surface area (Å²) < 4.78 is 0. The van der Waals surface area contributed by atoms with Crippen molar-refractivity contribution in [1.82, 2.24) is 9.80 Å². The zero-order valence-corrected chi connectivity index (χ0v) is 20.0. The third-order valence-electron chi connectivity index (χ3n) is 5.99. The summed E-state index contributed by atoms with van der Waals surface area (Å²) in [5.41, 5.74) is 5.67. The molecule has 0 heterocycles. The van der Waals surface area contributed by atoms with Gasteiger partial charge in [0.1, 0.15) is 0 Å². The van der Waals surface area contributed by atoms with Gasteiger partial charge in [0.05, 0.1) is 0 Å². The first-order valence-electron chi connectivity index (χ1n) is 12.2. The second kappa shape index (κ2) is 14.4. The highest BCUT2D eigenvalue weighted by molar-refractivity contribution is 5.70. The van der Waals surface area contributed by atoms with Crippen molar-refractivity contribution in [2.75, 3.05) is 27.2 Å². The average molecular weight is 409 g/mol. The highest BCUT2D eigenvalue weighted by Gasteiger charge is 2.12. The van der Waals surface area contributed by atoms with Gasteiger partial charge in [0.15, 0.2) is 0 Å². The summed E-state index contributed by atoms with van der Waals surface area (Å²) in [6.07, 6.45) is 10.6. The predicted octanol–water partition coefficient (Wildman–Crippen LogP) is 7.38. The minimum absolute atomic E-state index is 1.02. The normalized spacial score (nSPS) is 11.5. The van der Waals surface area contributed by atoms with Gasteiger partial charge in [-0.25, -0.2) is 0 Å². The maximum atomic E-state index is 2.48. The van der Waals surface area contributed by atoms with E-state index in [4.69, 9.17) is 0 Å². The van der Waals surface area contributed by atoms with Gasteiger partial charge in [-0.3, -0.25) is 0 Å². The van der Waals surface area contributed by atoms with E-state index < -0.39 is 0 Å². The van der Waals surface area contributed by atoms with Crippen LogP contribution in [0.15, 0.2) is 48.5 Å². The fraction of sp³-hybridized carbons (Fsp3) is 0.571. The van der Waals surface area contributed by atoms with Crippen LogP contribution in [-0.2, 0) is 13.1 Å². The van der Waals surface area contributed by atoms with E-state index in [1.54, 1.807) is 0 Å². The third-order valence-corrected chi connectivity index (χ3v) is 5.99. The highest BCUT2D eigenvalue weighted by atomic mass is 15.1. The Hall–Kier alpha value is -1.64. The molecule has 166 valence electrons. The van der Waals surface area contributed by atoms with Gasteiger partial charge in [-0.05, 0) is 62.3 Å². The van der Waals surface area contributed by atoms with Gasteiger partial charge in [0, 0.05) is 13.1 Å². The molecule has 0 aliphatic carbocycles. The Morgan fingerprint density at radius 1 is 0.533 bits per heavy atom. The van der Waals surface area contributed by atoms with E-state index in [1.165, 1.54) is 86.7 Å². The standard InChI is InChI=1S/C28H44N2/c1-5-7-9-15-21-29(3)23-25-17-11-13-19-27(25)28-20-14-12-18-26(28)24-30(4)22-16-10-8-6-2/h11-14,17-20H,5-10,15-16,21-24H2,1-4H3. The van der Waals surface area contributed by atoms with E-state index in [9.17, 15) is 0 Å². The Morgan fingerprint density at radius 3 is 1.33 bits per heavy atom. The largest absolute Gasteiger partial charge is 0.302 e. The molecule has 2 aromatic rings. The molecule has 0 spiro atoms. The average Bonchev–Trinajstić information content (AvgIpc) is 2.75. The number of hydrogen-bond acceptors (Lipinski definition) is 2. The Balaban J connectivity index is 2.07. The number of nitrogens with zero attached hydrogens (tertiary/aromatic N) is 2. The Labute approximate surface area is 186 Å². The molecule has 0 saturated carbocycles. The zero-order chi connectivity index (χ0) is 21.6. The van der Waals surface area contributed by atoms with Gasteiger partial charge in [-0.15, -0.1) is 0 Å². The van der Waals surface area contributed by atoms with Gasteiger partial charge in [-0.2, -0.15) is 0 Å². The van der Waals surface area contributed by atoms with Crippen LogP contribution in [0, 0.1) is 0 Å². The van der Waals surface area contributed by atoms with E-state index in [-0.39, 0.29) is 0 Å². The topological polar surface area (TPSA) is 6.48 Å². The van der Waals surface area contributed by atoms with Gasteiger partial charge >= 0.3 is 0 Å². The van der Waals surface area contributed by atoms with Crippen LogP contribution >= 0.6 is 0 Å². The smallest absolute Gasteiger partial charge is 0.0236 e. The molecule has 0 aliphatic rings. The minimum atomic E-state index is 1.02. The van der Waals surface area contributed by atoms with Crippen molar-refractivity contribution in [2.24, 2.45) is 0 Å². The van der Waals surface area contributed by atoms with Gasteiger partial charge in [-0.1, -0.05) is 101 Å². The Bertz CT molecular complexity index is 648. The van der Waals surface area contributed by atoms with Crippen molar-refractivity contribution in [3.8, 4) is 11.1 Å². The SMILES string of the molecule is CCCCCCN(C)Cc1ccccc1-c1ccccc1CN(C)CCCCCC. The molecule has 0 amide bonds. The molecule has 0 saturated heterocycles. The molecule has 0 bridgehead atoms. The summed E-state index contributed by atoms with van der Waals surface area (Å²) in [4.78, 5) is 4.97. The molecule has 0 aliphatic heterocycles. The molecule has 0 atom stereocenters. The first-order valence-corrected chi connectivity index (χ1v) is 12.2. The quantitative estimate of drug-likeness (QED) is 0.284. The molecule has 0 aromatic heterocycles. The Morgan fingerprint density at radius 2 is 0.933 bits per heavy atom. The van der Waals surface area contributed by atoms with Gasteiger partial charge in [0.2, 0.25) is 0 Å². The van der Waals surface area contributed by atoms with Gasteiger partial charge < -0.3 is 9.80 Å². The molecule has 0 fully saturated rings.